The Morgan fingerprint density at radius 2 is 0.718 bits per heavy atom. The van der Waals surface area contributed by atoms with E-state index >= 15 is 0 Å². The molecule has 39 heavy (non-hydrogen) atoms. The van der Waals surface area contributed by atoms with Crippen LogP contribution in [0.5, 0.6) is 0 Å². The molecule has 4 rings (SSSR count). The van der Waals surface area contributed by atoms with E-state index in [-0.39, 0.29) is 11.1 Å². The molecule has 0 spiro atoms. The van der Waals surface area contributed by atoms with Gasteiger partial charge in [-0.25, -0.2) is 8.42 Å². The van der Waals surface area contributed by atoms with E-state index in [2.05, 4.69) is 0 Å². The highest BCUT2D eigenvalue weighted by Gasteiger charge is 2.34. The highest BCUT2D eigenvalue weighted by atomic mass is 35.5. The van der Waals surface area contributed by atoms with Crippen LogP contribution in [0.2, 0.25) is 20.1 Å². The van der Waals surface area contributed by atoms with Gasteiger partial charge in [-0.3, -0.25) is 9.59 Å². The zero-order chi connectivity index (χ0) is 28.2. The third kappa shape index (κ3) is 7.07. The van der Waals surface area contributed by atoms with Gasteiger partial charge in [-0.15, -0.1) is 0 Å². The van der Waals surface area contributed by atoms with Gasteiger partial charge in [-0.2, -0.15) is 0 Å². The number of carbonyl (C=O) groups excluding carboxylic acids is 2. The SMILES string of the molecule is O=C(C(=Cc1ccc(Cl)cc1)S(=O)(=O)C(=Cc1ccc(Cl)cc1)C(=O)c1ccc(Cl)cc1)c1ccc(Cl)cc1. The molecule has 0 saturated heterocycles. The van der Waals surface area contributed by atoms with Crippen molar-refractivity contribution in [2.24, 2.45) is 0 Å². The Hall–Kier alpha value is -3.19. The first-order chi connectivity index (χ1) is 18.5. The first-order valence-corrected chi connectivity index (χ1v) is 14.3. The fourth-order valence-corrected chi connectivity index (χ4v) is 5.60. The smallest absolute Gasteiger partial charge is 0.214 e. The average Bonchev–Trinajstić information content (AvgIpc) is 2.92. The van der Waals surface area contributed by atoms with E-state index in [1.54, 1.807) is 48.5 Å². The predicted octanol–water partition coefficient (Wildman–Crippen LogP) is 8.86. The van der Waals surface area contributed by atoms with Gasteiger partial charge >= 0.3 is 0 Å². The van der Waals surface area contributed by atoms with Gasteiger partial charge in [0.2, 0.25) is 21.4 Å². The fourth-order valence-electron chi connectivity index (χ4n) is 3.56. The van der Waals surface area contributed by atoms with E-state index < -0.39 is 31.2 Å². The molecular formula is C30H18Cl4O4S. The summed E-state index contributed by atoms with van der Waals surface area (Å²) in [6.45, 7) is 0. The van der Waals surface area contributed by atoms with Crippen LogP contribution in [-0.4, -0.2) is 20.0 Å². The van der Waals surface area contributed by atoms with Gasteiger partial charge in [-0.05, 0) is 96.1 Å². The summed E-state index contributed by atoms with van der Waals surface area (Å²) in [5.41, 5.74) is 0.941. The number of hydrogen-bond donors (Lipinski definition) is 0. The van der Waals surface area contributed by atoms with Crippen LogP contribution in [0.25, 0.3) is 12.2 Å². The molecule has 4 nitrogen and oxygen atoms in total. The van der Waals surface area contributed by atoms with Crippen molar-refractivity contribution in [2.45, 2.75) is 0 Å². The third-order valence-corrected chi connectivity index (χ3v) is 8.35. The molecule has 0 N–H and O–H groups in total. The van der Waals surface area contributed by atoms with Crippen molar-refractivity contribution in [3.63, 3.8) is 0 Å². The van der Waals surface area contributed by atoms with Gasteiger partial charge in [0.05, 0.1) is 0 Å². The summed E-state index contributed by atoms with van der Waals surface area (Å²) >= 11 is 23.9. The topological polar surface area (TPSA) is 68.3 Å². The van der Waals surface area contributed by atoms with Crippen molar-refractivity contribution in [2.75, 3.05) is 0 Å². The number of Topliss-reactive ketones (excluding diaryl/α,β-unsaturated/α-hetero) is 2. The molecular weight excluding hydrogens is 598 g/mol. The van der Waals surface area contributed by atoms with Crippen molar-refractivity contribution in [3.05, 3.63) is 149 Å². The molecule has 0 aliphatic carbocycles. The highest BCUT2D eigenvalue weighted by molar-refractivity contribution is 8.01. The van der Waals surface area contributed by atoms with Crippen molar-refractivity contribution in [3.8, 4) is 0 Å². The van der Waals surface area contributed by atoms with E-state index in [0.29, 0.717) is 31.2 Å². The van der Waals surface area contributed by atoms with Crippen molar-refractivity contribution >= 4 is 80.0 Å². The molecule has 0 amide bonds. The van der Waals surface area contributed by atoms with Crippen LogP contribution < -0.4 is 0 Å². The molecule has 0 bridgehead atoms. The number of hydrogen-bond acceptors (Lipinski definition) is 4. The summed E-state index contributed by atoms with van der Waals surface area (Å²) in [5.74, 6) is -1.62. The molecule has 4 aromatic carbocycles. The van der Waals surface area contributed by atoms with E-state index in [0.717, 1.165) is 0 Å². The molecule has 0 heterocycles. The standard InChI is InChI=1S/C30H18Cl4O4S/c31-23-9-1-19(2-10-23)17-27(29(35)21-5-13-25(33)14-6-21)39(37,38)28(18-20-3-11-24(32)12-4-20)30(36)22-7-15-26(34)16-8-22/h1-18H. The van der Waals surface area contributed by atoms with Crippen LogP contribution in [0, 0.1) is 0 Å². The second-order valence-corrected chi connectivity index (χ2v) is 11.9. The van der Waals surface area contributed by atoms with Gasteiger partial charge in [0.25, 0.3) is 0 Å². The molecule has 0 radical (unpaired) electrons. The summed E-state index contributed by atoms with van der Waals surface area (Å²) < 4.78 is 28.5. The lowest BCUT2D eigenvalue weighted by Gasteiger charge is -2.13. The number of halogens is 4. The van der Waals surface area contributed by atoms with E-state index in [1.165, 1.54) is 60.7 Å². The minimum Gasteiger partial charge on any atom is -0.288 e. The molecule has 196 valence electrons. The summed E-state index contributed by atoms with van der Waals surface area (Å²) in [4.78, 5) is 26.2. The lowest BCUT2D eigenvalue weighted by Crippen LogP contribution is -2.21. The van der Waals surface area contributed by atoms with Crippen molar-refractivity contribution < 1.29 is 18.0 Å². The largest absolute Gasteiger partial charge is 0.288 e. The monoisotopic (exact) mass is 614 g/mol. The third-order valence-electron chi connectivity index (χ3n) is 5.57. The van der Waals surface area contributed by atoms with Crippen LogP contribution in [0.1, 0.15) is 31.8 Å². The van der Waals surface area contributed by atoms with Gasteiger partial charge in [0.15, 0.2) is 0 Å². The lowest BCUT2D eigenvalue weighted by molar-refractivity contribution is 0.103. The molecule has 0 aliphatic heterocycles. The zero-order valence-electron chi connectivity index (χ0n) is 19.9. The van der Waals surface area contributed by atoms with E-state index in [4.69, 9.17) is 46.4 Å². The van der Waals surface area contributed by atoms with Crippen molar-refractivity contribution in [1.29, 1.82) is 0 Å². The van der Waals surface area contributed by atoms with E-state index in [9.17, 15) is 18.0 Å². The Balaban J connectivity index is 1.94. The number of carbonyl (C=O) groups is 2. The van der Waals surface area contributed by atoms with Crippen LogP contribution >= 0.6 is 46.4 Å². The number of sulfone groups is 1. The summed E-state index contributed by atoms with van der Waals surface area (Å²) in [7, 11) is -4.70. The first kappa shape index (κ1) is 28.8. The number of benzene rings is 4. The normalized spacial score (nSPS) is 12.3. The Kier molecular flexibility index (Phi) is 9.11. The molecule has 0 atom stereocenters. The molecule has 0 fully saturated rings. The molecule has 4 aromatic rings. The second-order valence-electron chi connectivity index (χ2n) is 8.30. The highest BCUT2D eigenvalue weighted by Crippen LogP contribution is 2.30. The minimum absolute atomic E-state index is 0.0768. The van der Waals surface area contributed by atoms with Crippen LogP contribution in [-0.2, 0) is 9.84 Å². The lowest BCUT2D eigenvalue weighted by atomic mass is 10.1. The molecule has 0 saturated carbocycles. The van der Waals surface area contributed by atoms with Crippen LogP contribution in [0.3, 0.4) is 0 Å². The fraction of sp³-hybridized carbons (Fsp3) is 0. The molecule has 0 aromatic heterocycles. The maximum absolute atomic E-state index is 14.3. The summed E-state index contributed by atoms with van der Waals surface area (Å²) in [5, 5.41) is 1.61. The second kappa shape index (κ2) is 12.3. The van der Waals surface area contributed by atoms with E-state index in [1.807, 2.05) is 0 Å². The minimum atomic E-state index is -4.70. The quantitative estimate of drug-likeness (QED) is 0.147. The molecule has 0 unspecified atom stereocenters. The number of ketones is 2. The Morgan fingerprint density at radius 3 is 1.00 bits per heavy atom. The predicted molar refractivity (Wildman–Crippen MR) is 159 cm³/mol. The maximum atomic E-state index is 14.3. The summed E-state index contributed by atoms with van der Waals surface area (Å²) in [6, 6.07) is 24.1. The number of rotatable bonds is 8. The maximum Gasteiger partial charge on any atom is 0.214 e. The average molecular weight is 616 g/mol. The van der Waals surface area contributed by atoms with Crippen molar-refractivity contribution in [1.82, 2.24) is 0 Å². The Bertz CT molecular complexity index is 1570. The van der Waals surface area contributed by atoms with Gasteiger partial charge in [-0.1, -0.05) is 70.7 Å². The molecule has 0 aliphatic rings. The summed E-state index contributed by atoms with van der Waals surface area (Å²) in [6.07, 6.45) is 2.43. The Morgan fingerprint density at radius 1 is 0.462 bits per heavy atom. The number of allylic oxidation sites excluding steroid dienone is 2. The first-order valence-electron chi connectivity index (χ1n) is 11.3. The van der Waals surface area contributed by atoms with Crippen LogP contribution in [0.15, 0.2) is 107 Å². The van der Waals surface area contributed by atoms with Gasteiger partial charge < -0.3 is 0 Å². The van der Waals surface area contributed by atoms with Gasteiger partial charge in [0, 0.05) is 31.2 Å². The zero-order valence-corrected chi connectivity index (χ0v) is 23.8. The van der Waals surface area contributed by atoms with Gasteiger partial charge in [0.1, 0.15) is 9.81 Å². The Labute approximate surface area is 246 Å². The molecule has 9 heteroatoms. The van der Waals surface area contributed by atoms with Crippen LogP contribution in [0.4, 0.5) is 0 Å².